The molecule has 0 aromatic heterocycles. The first-order valence-corrected chi connectivity index (χ1v) is 4.95. The SMILES string of the molecule is CCNCC(O)CN1C(=O)COCC1=O. The number of nitrogens with one attached hydrogen (secondary N) is 1. The number of carbonyl (C=O) groups excluding carboxylic acids is 2. The minimum Gasteiger partial charge on any atom is -0.390 e. The van der Waals surface area contributed by atoms with Crippen LogP contribution in [0.25, 0.3) is 0 Å². The van der Waals surface area contributed by atoms with Crippen LogP contribution in [-0.4, -0.2) is 60.8 Å². The Morgan fingerprint density at radius 3 is 2.60 bits per heavy atom. The average molecular weight is 216 g/mol. The summed E-state index contributed by atoms with van der Waals surface area (Å²) < 4.78 is 4.75. The van der Waals surface area contributed by atoms with E-state index in [9.17, 15) is 14.7 Å². The fourth-order valence-corrected chi connectivity index (χ4v) is 1.31. The van der Waals surface area contributed by atoms with Gasteiger partial charge >= 0.3 is 0 Å². The predicted molar refractivity (Wildman–Crippen MR) is 52.1 cm³/mol. The number of amides is 2. The largest absolute Gasteiger partial charge is 0.390 e. The zero-order valence-corrected chi connectivity index (χ0v) is 8.73. The van der Waals surface area contributed by atoms with Gasteiger partial charge in [-0.1, -0.05) is 6.92 Å². The molecule has 1 aliphatic rings. The van der Waals surface area contributed by atoms with Crippen LogP contribution < -0.4 is 5.32 Å². The number of β-amino-alcohol motifs (C(OH)–C–C–N with tert-alkyl or cyclic N) is 1. The summed E-state index contributed by atoms with van der Waals surface area (Å²) in [6, 6.07) is 0. The maximum atomic E-state index is 11.3. The monoisotopic (exact) mass is 216 g/mol. The van der Waals surface area contributed by atoms with Gasteiger partial charge in [-0.25, -0.2) is 0 Å². The smallest absolute Gasteiger partial charge is 0.255 e. The molecule has 0 radical (unpaired) electrons. The van der Waals surface area contributed by atoms with Crippen LogP contribution in [0.15, 0.2) is 0 Å². The Balaban J connectivity index is 2.40. The van der Waals surface area contributed by atoms with Gasteiger partial charge < -0.3 is 15.2 Å². The highest BCUT2D eigenvalue weighted by atomic mass is 16.5. The molecule has 1 aliphatic heterocycles. The lowest BCUT2D eigenvalue weighted by Gasteiger charge is -2.26. The first-order chi connectivity index (χ1) is 7.15. The first-order valence-electron chi connectivity index (χ1n) is 4.95. The van der Waals surface area contributed by atoms with Gasteiger partial charge in [-0.15, -0.1) is 0 Å². The molecule has 1 atom stereocenters. The Morgan fingerprint density at radius 1 is 1.47 bits per heavy atom. The van der Waals surface area contributed by atoms with E-state index < -0.39 is 6.10 Å². The van der Waals surface area contributed by atoms with E-state index in [4.69, 9.17) is 4.74 Å². The maximum absolute atomic E-state index is 11.3. The molecule has 86 valence electrons. The second-order valence-corrected chi connectivity index (χ2v) is 3.35. The number of carbonyl (C=O) groups is 2. The molecule has 0 spiro atoms. The third-order valence-corrected chi connectivity index (χ3v) is 2.08. The van der Waals surface area contributed by atoms with Crippen LogP contribution in [0.2, 0.25) is 0 Å². The minimum absolute atomic E-state index is 0.0357. The van der Waals surface area contributed by atoms with E-state index in [0.717, 1.165) is 11.4 Å². The lowest BCUT2D eigenvalue weighted by Crippen LogP contribution is -2.50. The molecule has 6 nitrogen and oxygen atoms in total. The molecule has 1 heterocycles. The van der Waals surface area contributed by atoms with Gasteiger partial charge in [0.05, 0.1) is 12.6 Å². The topological polar surface area (TPSA) is 78.9 Å². The molecular weight excluding hydrogens is 200 g/mol. The summed E-state index contributed by atoms with van der Waals surface area (Å²) in [7, 11) is 0. The van der Waals surface area contributed by atoms with Crippen LogP contribution in [0.5, 0.6) is 0 Å². The number of hydrogen-bond acceptors (Lipinski definition) is 5. The predicted octanol–water partition coefficient (Wildman–Crippen LogP) is -1.66. The van der Waals surface area contributed by atoms with Gasteiger partial charge in [0.1, 0.15) is 13.2 Å². The summed E-state index contributed by atoms with van der Waals surface area (Å²) in [4.78, 5) is 23.6. The van der Waals surface area contributed by atoms with Crippen LogP contribution in [0, 0.1) is 0 Å². The van der Waals surface area contributed by atoms with Crippen LogP contribution in [-0.2, 0) is 14.3 Å². The first kappa shape index (κ1) is 12.1. The van der Waals surface area contributed by atoms with E-state index in [1.807, 2.05) is 6.92 Å². The van der Waals surface area contributed by atoms with Gasteiger partial charge in [0.2, 0.25) is 0 Å². The molecule has 1 saturated heterocycles. The number of morpholine rings is 1. The van der Waals surface area contributed by atoms with Crippen molar-refractivity contribution in [3.05, 3.63) is 0 Å². The van der Waals surface area contributed by atoms with Crippen LogP contribution >= 0.6 is 0 Å². The number of ether oxygens (including phenoxy) is 1. The van der Waals surface area contributed by atoms with Crippen molar-refractivity contribution in [1.82, 2.24) is 10.2 Å². The molecule has 0 aliphatic carbocycles. The molecule has 1 rings (SSSR count). The number of hydrogen-bond donors (Lipinski definition) is 2. The summed E-state index contributed by atoms with van der Waals surface area (Å²) in [6.07, 6.45) is -0.726. The molecule has 0 bridgehead atoms. The van der Waals surface area contributed by atoms with E-state index in [0.29, 0.717) is 6.54 Å². The van der Waals surface area contributed by atoms with Crippen molar-refractivity contribution in [2.45, 2.75) is 13.0 Å². The molecule has 0 saturated carbocycles. The summed E-state index contributed by atoms with van der Waals surface area (Å²) in [5, 5.41) is 12.5. The third-order valence-electron chi connectivity index (χ3n) is 2.08. The van der Waals surface area contributed by atoms with Crippen molar-refractivity contribution in [1.29, 1.82) is 0 Å². The van der Waals surface area contributed by atoms with Gasteiger partial charge in [0.15, 0.2) is 0 Å². The second kappa shape index (κ2) is 5.79. The summed E-state index contributed by atoms with van der Waals surface area (Å²) in [5.41, 5.74) is 0. The van der Waals surface area contributed by atoms with Gasteiger partial charge in [-0.3, -0.25) is 14.5 Å². The van der Waals surface area contributed by atoms with Crippen molar-refractivity contribution in [2.24, 2.45) is 0 Å². The quantitative estimate of drug-likeness (QED) is 0.538. The van der Waals surface area contributed by atoms with Gasteiger partial charge in [-0.2, -0.15) is 0 Å². The van der Waals surface area contributed by atoms with E-state index >= 15 is 0 Å². The fraction of sp³-hybridized carbons (Fsp3) is 0.778. The summed E-state index contributed by atoms with van der Waals surface area (Å²) in [5.74, 6) is -0.774. The van der Waals surface area contributed by atoms with Gasteiger partial charge in [-0.05, 0) is 6.54 Å². The van der Waals surface area contributed by atoms with Crippen molar-refractivity contribution in [2.75, 3.05) is 32.8 Å². The fourth-order valence-electron chi connectivity index (χ4n) is 1.31. The Bertz CT molecular complexity index is 228. The number of rotatable bonds is 5. The Labute approximate surface area is 88.2 Å². The molecule has 2 amide bonds. The lowest BCUT2D eigenvalue weighted by atomic mass is 10.3. The summed E-state index contributed by atoms with van der Waals surface area (Å²) >= 11 is 0. The number of likely N-dealkylation sites (N-methyl/N-ethyl adjacent to an activating group) is 1. The maximum Gasteiger partial charge on any atom is 0.255 e. The summed E-state index contributed by atoms with van der Waals surface area (Å²) in [6.45, 7) is 2.89. The molecule has 0 aromatic rings. The third kappa shape index (κ3) is 3.58. The van der Waals surface area contributed by atoms with E-state index in [-0.39, 0.29) is 31.6 Å². The Kier molecular flexibility index (Phi) is 4.67. The zero-order chi connectivity index (χ0) is 11.3. The number of imide groups is 1. The van der Waals surface area contributed by atoms with E-state index in [2.05, 4.69) is 5.32 Å². The van der Waals surface area contributed by atoms with Gasteiger partial charge in [0, 0.05) is 6.54 Å². The zero-order valence-electron chi connectivity index (χ0n) is 8.73. The van der Waals surface area contributed by atoms with Gasteiger partial charge in [0.25, 0.3) is 11.8 Å². The van der Waals surface area contributed by atoms with Crippen molar-refractivity contribution in [3.63, 3.8) is 0 Å². The standard InChI is InChI=1S/C9H16N2O4/c1-2-10-3-7(12)4-11-8(13)5-15-6-9(11)14/h7,10,12H,2-6H2,1H3. The molecule has 6 heteroatoms. The Hall–Kier alpha value is -0.980. The van der Waals surface area contributed by atoms with E-state index in [1.54, 1.807) is 0 Å². The number of aliphatic hydroxyl groups is 1. The van der Waals surface area contributed by atoms with Crippen LogP contribution in [0.3, 0.4) is 0 Å². The highest BCUT2D eigenvalue weighted by molar-refractivity contribution is 5.98. The molecule has 15 heavy (non-hydrogen) atoms. The highest BCUT2D eigenvalue weighted by Crippen LogP contribution is 2.01. The normalized spacial score (nSPS) is 19.5. The van der Waals surface area contributed by atoms with E-state index in [1.165, 1.54) is 0 Å². The Morgan fingerprint density at radius 2 is 2.07 bits per heavy atom. The number of aliphatic hydroxyl groups excluding tert-OH is 1. The van der Waals surface area contributed by atoms with Crippen molar-refractivity contribution in [3.8, 4) is 0 Å². The van der Waals surface area contributed by atoms with Crippen molar-refractivity contribution < 1.29 is 19.4 Å². The van der Waals surface area contributed by atoms with Crippen LogP contribution in [0.1, 0.15) is 6.92 Å². The molecule has 2 N–H and O–H groups in total. The molecule has 1 unspecified atom stereocenters. The molecule has 0 aromatic carbocycles. The molecular formula is C9H16N2O4. The second-order valence-electron chi connectivity index (χ2n) is 3.35. The highest BCUT2D eigenvalue weighted by Gasteiger charge is 2.28. The van der Waals surface area contributed by atoms with Crippen LogP contribution in [0.4, 0.5) is 0 Å². The van der Waals surface area contributed by atoms with Crippen molar-refractivity contribution >= 4 is 11.8 Å². The average Bonchev–Trinajstić information content (AvgIpc) is 2.21. The number of nitrogens with zero attached hydrogens (tertiary/aromatic N) is 1. The molecule has 1 fully saturated rings. The lowest BCUT2D eigenvalue weighted by molar-refractivity contribution is -0.160. The minimum atomic E-state index is -0.726.